The Hall–Kier alpha value is -3.76. The van der Waals surface area contributed by atoms with Gasteiger partial charge in [0.25, 0.3) is 0 Å². The van der Waals surface area contributed by atoms with Crippen molar-refractivity contribution in [2.75, 3.05) is 0 Å². The fourth-order valence-corrected chi connectivity index (χ4v) is 7.77. The van der Waals surface area contributed by atoms with Gasteiger partial charge in [0, 0.05) is 13.8 Å². The van der Waals surface area contributed by atoms with Gasteiger partial charge in [-0.3, -0.25) is 9.59 Å². The Labute approximate surface area is 250 Å². The van der Waals surface area contributed by atoms with Crippen molar-refractivity contribution in [3.8, 4) is 0 Å². The van der Waals surface area contributed by atoms with Crippen molar-refractivity contribution in [2.45, 2.75) is 95.6 Å². The van der Waals surface area contributed by atoms with Gasteiger partial charge in [0.2, 0.25) is 0 Å². The van der Waals surface area contributed by atoms with Gasteiger partial charge in [-0.1, -0.05) is 36.4 Å². The predicted molar refractivity (Wildman–Crippen MR) is 152 cm³/mol. The van der Waals surface area contributed by atoms with Crippen LogP contribution in [0.1, 0.15) is 75.1 Å². The molecule has 3 aliphatic rings. The third kappa shape index (κ3) is 4.80. The van der Waals surface area contributed by atoms with Crippen LogP contribution in [0.2, 0.25) is 0 Å². The molecule has 2 saturated carbocycles. The average molecular weight is 595 g/mol. The molecule has 10 heteroatoms. The van der Waals surface area contributed by atoms with E-state index >= 15 is 0 Å². The van der Waals surface area contributed by atoms with Crippen molar-refractivity contribution in [1.82, 2.24) is 0 Å². The Bertz CT molecular complexity index is 1400. The minimum atomic E-state index is -1.77. The second-order valence-electron chi connectivity index (χ2n) is 12.6. The van der Waals surface area contributed by atoms with Gasteiger partial charge in [0.1, 0.15) is 23.9 Å². The summed E-state index contributed by atoms with van der Waals surface area (Å²) < 4.78 is 31.2. The Kier molecular flexibility index (Phi) is 7.67. The SMILES string of the molecule is CC(=O)OC1C2C(OC(=O)c3ccccc3)C3(OC2(C)C)C(C)(O)CCC(OC(C)=O)C3(C)C1OC(=O)c1ccccc1. The maximum atomic E-state index is 13.6. The largest absolute Gasteiger partial charge is 0.462 e. The molecule has 3 fully saturated rings. The first-order chi connectivity index (χ1) is 20.2. The molecule has 10 nitrogen and oxygen atoms in total. The van der Waals surface area contributed by atoms with Crippen LogP contribution >= 0.6 is 0 Å². The molecule has 1 saturated heterocycles. The molecule has 0 amide bonds. The molecular formula is C33H38O10. The molecular weight excluding hydrogens is 556 g/mol. The fourth-order valence-electron chi connectivity index (χ4n) is 7.77. The van der Waals surface area contributed by atoms with E-state index in [-0.39, 0.29) is 24.0 Å². The Morgan fingerprint density at radius 1 is 0.744 bits per heavy atom. The van der Waals surface area contributed by atoms with Crippen LogP contribution in [0.15, 0.2) is 60.7 Å². The molecule has 43 heavy (non-hydrogen) atoms. The smallest absolute Gasteiger partial charge is 0.338 e. The van der Waals surface area contributed by atoms with Crippen LogP contribution in [-0.4, -0.2) is 70.2 Å². The number of carbonyl (C=O) groups excluding carboxylic acids is 4. The normalized spacial score (nSPS) is 35.7. The second kappa shape index (κ2) is 10.7. The molecule has 2 aromatic carbocycles. The molecule has 5 rings (SSSR count). The number of hydrogen-bond acceptors (Lipinski definition) is 10. The monoisotopic (exact) mass is 594 g/mol. The van der Waals surface area contributed by atoms with E-state index in [0.29, 0.717) is 0 Å². The maximum Gasteiger partial charge on any atom is 0.338 e. The molecule has 2 aromatic rings. The number of fused-ring (bicyclic) bond motifs is 1. The van der Waals surface area contributed by atoms with Crippen LogP contribution in [0, 0.1) is 11.3 Å². The van der Waals surface area contributed by atoms with Crippen molar-refractivity contribution in [1.29, 1.82) is 0 Å². The Morgan fingerprint density at radius 3 is 1.72 bits per heavy atom. The first-order valence-corrected chi connectivity index (χ1v) is 14.4. The maximum absolute atomic E-state index is 13.6. The lowest BCUT2D eigenvalue weighted by molar-refractivity contribution is -0.335. The third-order valence-electron chi connectivity index (χ3n) is 9.46. The average Bonchev–Trinajstić information content (AvgIpc) is 3.16. The first kappa shape index (κ1) is 30.7. The minimum Gasteiger partial charge on any atom is -0.462 e. The first-order valence-electron chi connectivity index (χ1n) is 14.4. The highest BCUT2D eigenvalue weighted by atomic mass is 16.6. The molecule has 1 heterocycles. The summed E-state index contributed by atoms with van der Waals surface area (Å²) in [5, 5.41) is 12.3. The van der Waals surface area contributed by atoms with Crippen LogP contribution in [-0.2, 0) is 33.3 Å². The van der Waals surface area contributed by atoms with Crippen LogP contribution < -0.4 is 0 Å². The standard InChI is InChI=1S/C33H38O10/c1-19(34)39-23-17-18-31(5,38)33-26(41-28(36)21-13-9-7-10-14-21)24(30(3,4)43-33)25(40-20(2)35)27(32(23,33)6)42-29(37)22-15-11-8-12-16-22/h7-16,23-27,38H,17-18H2,1-6H3. The summed E-state index contributed by atoms with van der Waals surface area (Å²) >= 11 is 0. The van der Waals surface area contributed by atoms with Crippen molar-refractivity contribution in [3.63, 3.8) is 0 Å². The van der Waals surface area contributed by atoms with Gasteiger partial charge in [-0.15, -0.1) is 0 Å². The Balaban J connectivity index is 1.75. The second-order valence-corrected chi connectivity index (χ2v) is 12.6. The number of hydrogen-bond donors (Lipinski definition) is 1. The highest BCUT2D eigenvalue weighted by Gasteiger charge is 2.85. The predicted octanol–water partition coefficient (Wildman–Crippen LogP) is 4.03. The molecule has 1 aliphatic heterocycles. The van der Waals surface area contributed by atoms with Crippen molar-refractivity contribution < 1.29 is 48.0 Å². The highest BCUT2D eigenvalue weighted by Crippen LogP contribution is 2.69. The zero-order valence-corrected chi connectivity index (χ0v) is 25.2. The molecule has 230 valence electrons. The molecule has 2 aliphatic carbocycles. The van der Waals surface area contributed by atoms with Crippen molar-refractivity contribution in [3.05, 3.63) is 71.8 Å². The zero-order valence-electron chi connectivity index (χ0n) is 25.2. The lowest BCUT2D eigenvalue weighted by atomic mass is 9.47. The molecule has 1 spiro atoms. The number of carbonyl (C=O) groups is 4. The van der Waals surface area contributed by atoms with E-state index in [1.807, 2.05) is 0 Å². The van der Waals surface area contributed by atoms with E-state index in [9.17, 15) is 24.3 Å². The van der Waals surface area contributed by atoms with E-state index in [4.69, 9.17) is 23.7 Å². The van der Waals surface area contributed by atoms with E-state index < -0.39 is 76.4 Å². The number of benzene rings is 2. The zero-order chi connectivity index (χ0) is 31.4. The van der Waals surface area contributed by atoms with E-state index in [2.05, 4.69) is 0 Å². The molecule has 0 aromatic heterocycles. The van der Waals surface area contributed by atoms with Crippen LogP contribution in [0.4, 0.5) is 0 Å². The van der Waals surface area contributed by atoms with Gasteiger partial charge in [-0.2, -0.15) is 0 Å². The summed E-state index contributed by atoms with van der Waals surface area (Å²) in [6.45, 7) is 9.25. The molecule has 0 radical (unpaired) electrons. The highest BCUT2D eigenvalue weighted by molar-refractivity contribution is 5.90. The number of ether oxygens (including phenoxy) is 5. The quantitative estimate of drug-likeness (QED) is 0.386. The van der Waals surface area contributed by atoms with Crippen LogP contribution in [0.25, 0.3) is 0 Å². The van der Waals surface area contributed by atoms with Gasteiger partial charge in [0.15, 0.2) is 6.10 Å². The minimum absolute atomic E-state index is 0.111. The van der Waals surface area contributed by atoms with Gasteiger partial charge in [-0.05, 0) is 64.8 Å². The number of esters is 4. The van der Waals surface area contributed by atoms with Gasteiger partial charge in [-0.25, -0.2) is 9.59 Å². The summed E-state index contributed by atoms with van der Waals surface area (Å²) in [6.07, 6.45) is -4.39. The summed E-state index contributed by atoms with van der Waals surface area (Å²) in [7, 11) is 0. The van der Waals surface area contributed by atoms with E-state index in [1.165, 1.54) is 13.8 Å². The number of rotatable bonds is 6. The lowest BCUT2D eigenvalue weighted by Gasteiger charge is -2.65. The van der Waals surface area contributed by atoms with E-state index in [0.717, 1.165) is 0 Å². The summed E-state index contributed by atoms with van der Waals surface area (Å²) in [5.74, 6) is -3.54. The topological polar surface area (TPSA) is 135 Å². The number of aliphatic hydroxyl groups is 1. The molecule has 8 unspecified atom stereocenters. The molecule has 8 atom stereocenters. The summed E-state index contributed by atoms with van der Waals surface area (Å²) in [4.78, 5) is 52.4. The summed E-state index contributed by atoms with van der Waals surface area (Å²) in [5.41, 5.74) is -5.68. The van der Waals surface area contributed by atoms with Crippen molar-refractivity contribution in [2.24, 2.45) is 11.3 Å². The van der Waals surface area contributed by atoms with Crippen molar-refractivity contribution >= 4 is 23.9 Å². The van der Waals surface area contributed by atoms with Gasteiger partial charge in [0.05, 0.1) is 33.7 Å². The van der Waals surface area contributed by atoms with Crippen LogP contribution in [0.3, 0.4) is 0 Å². The van der Waals surface area contributed by atoms with Gasteiger partial charge >= 0.3 is 23.9 Å². The van der Waals surface area contributed by atoms with Crippen LogP contribution in [0.5, 0.6) is 0 Å². The lowest BCUT2D eigenvalue weighted by Crippen LogP contribution is -2.81. The Morgan fingerprint density at radius 2 is 1.23 bits per heavy atom. The fraction of sp³-hybridized carbons (Fsp3) is 0.515. The molecule has 2 bridgehead atoms. The summed E-state index contributed by atoms with van der Waals surface area (Å²) in [6, 6.07) is 16.7. The molecule has 1 N–H and O–H groups in total. The van der Waals surface area contributed by atoms with Gasteiger partial charge < -0.3 is 28.8 Å². The third-order valence-corrected chi connectivity index (χ3v) is 9.46. The van der Waals surface area contributed by atoms with E-state index in [1.54, 1.807) is 88.4 Å².